The molecule has 0 aliphatic carbocycles. The molecule has 0 fully saturated rings. The first-order valence-corrected chi connectivity index (χ1v) is 6.25. The SMILES string of the molecule is CC(C)NC(=O)C(C)NC(=O)NC(C)C(C)C(=O)O. The lowest BCUT2D eigenvalue weighted by molar-refractivity contribution is -0.141. The summed E-state index contributed by atoms with van der Waals surface area (Å²) in [6.45, 7) is 8.30. The Balaban J connectivity index is 4.24. The predicted molar refractivity (Wildman–Crippen MR) is 70.7 cm³/mol. The molecule has 3 amide bonds. The van der Waals surface area contributed by atoms with Crippen LogP contribution in [0.3, 0.4) is 0 Å². The second-order valence-electron chi connectivity index (χ2n) is 4.92. The van der Waals surface area contributed by atoms with Crippen LogP contribution >= 0.6 is 0 Å². The zero-order valence-electron chi connectivity index (χ0n) is 12.0. The van der Waals surface area contributed by atoms with E-state index in [1.165, 1.54) is 6.92 Å². The van der Waals surface area contributed by atoms with Gasteiger partial charge in [-0.1, -0.05) is 0 Å². The highest BCUT2D eigenvalue weighted by Gasteiger charge is 2.22. The number of rotatable bonds is 6. The van der Waals surface area contributed by atoms with Gasteiger partial charge in [-0.05, 0) is 34.6 Å². The van der Waals surface area contributed by atoms with Gasteiger partial charge < -0.3 is 21.1 Å². The van der Waals surface area contributed by atoms with Gasteiger partial charge in [-0.3, -0.25) is 9.59 Å². The molecule has 0 spiro atoms. The first-order chi connectivity index (χ1) is 8.65. The molecule has 3 unspecified atom stereocenters. The number of aliphatic carboxylic acids is 1. The molecule has 7 nitrogen and oxygen atoms in total. The molecule has 0 rings (SSSR count). The summed E-state index contributed by atoms with van der Waals surface area (Å²) in [5.74, 6) is -1.98. The van der Waals surface area contributed by atoms with E-state index in [0.29, 0.717) is 0 Å². The smallest absolute Gasteiger partial charge is 0.315 e. The van der Waals surface area contributed by atoms with Crippen LogP contribution in [0.2, 0.25) is 0 Å². The van der Waals surface area contributed by atoms with Crippen molar-refractivity contribution in [2.75, 3.05) is 0 Å². The summed E-state index contributed by atoms with van der Waals surface area (Å²) >= 11 is 0. The van der Waals surface area contributed by atoms with Crippen molar-refractivity contribution in [3.8, 4) is 0 Å². The van der Waals surface area contributed by atoms with Gasteiger partial charge in [0.25, 0.3) is 0 Å². The third-order valence-electron chi connectivity index (χ3n) is 2.67. The highest BCUT2D eigenvalue weighted by molar-refractivity contribution is 5.87. The van der Waals surface area contributed by atoms with E-state index in [-0.39, 0.29) is 11.9 Å². The zero-order chi connectivity index (χ0) is 15.2. The summed E-state index contributed by atoms with van der Waals surface area (Å²) in [6.07, 6.45) is 0. The molecule has 0 aromatic rings. The van der Waals surface area contributed by atoms with Gasteiger partial charge in [0, 0.05) is 12.1 Å². The number of hydrogen-bond donors (Lipinski definition) is 4. The Morgan fingerprint density at radius 2 is 1.42 bits per heavy atom. The molecule has 0 saturated heterocycles. The molecule has 19 heavy (non-hydrogen) atoms. The highest BCUT2D eigenvalue weighted by Crippen LogP contribution is 2.01. The summed E-state index contributed by atoms with van der Waals surface area (Å²) < 4.78 is 0. The van der Waals surface area contributed by atoms with Crippen molar-refractivity contribution < 1.29 is 19.5 Å². The molecule has 3 atom stereocenters. The monoisotopic (exact) mass is 273 g/mol. The lowest BCUT2D eigenvalue weighted by atomic mass is 10.0. The van der Waals surface area contributed by atoms with Gasteiger partial charge in [0.15, 0.2) is 0 Å². The van der Waals surface area contributed by atoms with Gasteiger partial charge in [0.2, 0.25) is 5.91 Å². The van der Waals surface area contributed by atoms with Gasteiger partial charge in [0.05, 0.1) is 5.92 Å². The lowest BCUT2D eigenvalue weighted by Gasteiger charge is -2.20. The number of carboxylic acids is 1. The third kappa shape index (κ3) is 6.64. The molecule has 7 heteroatoms. The van der Waals surface area contributed by atoms with E-state index in [1.54, 1.807) is 13.8 Å². The topological polar surface area (TPSA) is 108 Å². The van der Waals surface area contributed by atoms with Crippen LogP contribution in [0, 0.1) is 5.92 Å². The fourth-order valence-electron chi connectivity index (χ4n) is 1.26. The van der Waals surface area contributed by atoms with Gasteiger partial charge in [0.1, 0.15) is 6.04 Å². The van der Waals surface area contributed by atoms with Crippen LogP contribution in [-0.2, 0) is 9.59 Å². The van der Waals surface area contributed by atoms with Crippen LogP contribution in [0.15, 0.2) is 0 Å². The molecule has 0 bridgehead atoms. The van der Waals surface area contributed by atoms with Gasteiger partial charge in [-0.15, -0.1) is 0 Å². The van der Waals surface area contributed by atoms with Crippen LogP contribution in [0.4, 0.5) is 4.79 Å². The quantitative estimate of drug-likeness (QED) is 0.558. The van der Waals surface area contributed by atoms with Crippen LogP contribution in [-0.4, -0.2) is 41.1 Å². The van der Waals surface area contributed by atoms with E-state index < -0.39 is 30.0 Å². The summed E-state index contributed by atoms with van der Waals surface area (Å²) in [5, 5.41) is 16.4. The minimum Gasteiger partial charge on any atom is -0.481 e. The fraction of sp³-hybridized carbons (Fsp3) is 0.750. The van der Waals surface area contributed by atoms with Crippen LogP contribution in [0.5, 0.6) is 0 Å². The van der Waals surface area contributed by atoms with Gasteiger partial charge in [-0.25, -0.2) is 4.79 Å². The number of urea groups is 1. The predicted octanol–water partition coefficient (Wildman–Crippen LogP) is 0.308. The average Bonchev–Trinajstić information content (AvgIpc) is 2.26. The maximum atomic E-state index is 11.6. The lowest BCUT2D eigenvalue weighted by Crippen LogP contribution is -2.52. The Kier molecular flexibility index (Phi) is 6.89. The molecule has 0 aliphatic rings. The van der Waals surface area contributed by atoms with Crippen molar-refractivity contribution in [2.24, 2.45) is 5.92 Å². The molecule has 0 aromatic carbocycles. The maximum absolute atomic E-state index is 11.6. The Labute approximate surface area is 113 Å². The highest BCUT2D eigenvalue weighted by atomic mass is 16.4. The standard InChI is InChI=1S/C12H23N3O4/c1-6(2)13-10(16)9(5)15-12(19)14-8(4)7(3)11(17)18/h6-9H,1-5H3,(H,13,16)(H,17,18)(H2,14,15,19). The fourth-order valence-corrected chi connectivity index (χ4v) is 1.26. The normalized spacial score (nSPS) is 15.3. The van der Waals surface area contributed by atoms with E-state index >= 15 is 0 Å². The average molecular weight is 273 g/mol. The second-order valence-corrected chi connectivity index (χ2v) is 4.92. The van der Waals surface area contributed by atoms with Crippen molar-refractivity contribution in [1.29, 1.82) is 0 Å². The third-order valence-corrected chi connectivity index (χ3v) is 2.67. The van der Waals surface area contributed by atoms with Crippen molar-refractivity contribution >= 4 is 17.9 Å². The molecule has 0 heterocycles. The molecular formula is C12H23N3O4. The van der Waals surface area contributed by atoms with Gasteiger partial charge in [-0.2, -0.15) is 0 Å². The van der Waals surface area contributed by atoms with Crippen molar-refractivity contribution in [3.05, 3.63) is 0 Å². The summed E-state index contributed by atoms with van der Waals surface area (Å²) in [7, 11) is 0. The van der Waals surface area contributed by atoms with Crippen molar-refractivity contribution in [1.82, 2.24) is 16.0 Å². The van der Waals surface area contributed by atoms with E-state index in [0.717, 1.165) is 0 Å². The molecular weight excluding hydrogens is 250 g/mol. The second kappa shape index (κ2) is 7.60. The molecule has 0 radical (unpaired) electrons. The van der Waals surface area contributed by atoms with Crippen LogP contribution < -0.4 is 16.0 Å². The Hall–Kier alpha value is -1.79. The molecule has 0 aliphatic heterocycles. The Bertz CT molecular complexity index is 344. The van der Waals surface area contributed by atoms with Crippen molar-refractivity contribution in [3.63, 3.8) is 0 Å². The van der Waals surface area contributed by atoms with Crippen LogP contribution in [0.1, 0.15) is 34.6 Å². The molecule has 110 valence electrons. The van der Waals surface area contributed by atoms with E-state index in [4.69, 9.17) is 5.11 Å². The maximum Gasteiger partial charge on any atom is 0.315 e. The molecule has 4 N–H and O–H groups in total. The first kappa shape index (κ1) is 17.2. The largest absolute Gasteiger partial charge is 0.481 e. The Morgan fingerprint density at radius 3 is 1.84 bits per heavy atom. The number of nitrogens with one attached hydrogen (secondary N) is 3. The number of hydrogen-bond acceptors (Lipinski definition) is 3. The summed E-state index contributed by atoms with van der Waals surface area (Å²) in [6, 6.07) is -1.79. The first-order valence-electron chi connectivity index (χ1n) is 6.25. The zero-order valence-corrected chi connectivity index (χ0v) is 12.0. The number of carboxylic acid groups (broad SMARTS) is 1. The summed E-state index contributed by atoms with van der Waals surface area (Å²) in [4.78, 5) is 33.9. The number of amides is 3. The van der Waals surface area contributed by atoms with E-state index in [9.17, 15) is 14.4 Å². The molecule has 0 aromatic heterocycles. The van der Waals surface area contributed by atoms with Gasteiger partial charge >= 0.3 is 12.0 Å². The minimum atomic E-state index is -0.988. The van der Waals surface area contributed by atoms with E-state index in [1.807, 2.05) is 13.8 Å². The summed E-state index contributed by atoms with van der Waals surface area (Å²) in [5.41, 5.74) is 0. The number of carbonyl (C=O) groups is 3. The van der Waals surface area contributed by atoms with Crippen molar-refractivity contribution in [2.45, 2.75) is 52.7 Å². The number of carbonyl (C=O) groups excluding carboxylic acids is 2. The van der Waals surface area contributed by atoms with E-state index in [2.05, 4.69) is 16.0 Å². The molecule has 0 saturated carbocycles. The van der Waals surface area contributed by atoms with Crippen LogP contribution in [0.25, 0.3) is 0 Å². The minimum absolute atomic E-state index is 0.00855. The Morgan fingerprint density at radius 1 is 0.895 bits per heavy atom.